The first-order valence-electron chi connectivity index (χ1n) is 12.7. The van der Waals surface area contributed by atoms with E-state index in [1.165, 1.54) is 32.1 Å². The number of fused-ring (bicyclic) bond motifs is 2. The summed E-state index contributed by atoms with van der Waals surface area (Å²) < 4.78 is 1.94. The molecule has 2 aromatic rings. The number of aromatic nitrogens is 2. The van der Waals surface area contributed by atoms with Crippen LogP contribution in [-0.4, -0.2) is 51.8 Å². The lowest BCUT2D eigenvalue weighted by atomic mass is 9.32. The van der Waals surface area contributed by atoms with Crippen molar-refractivity contribution < 1.29 is 9.59 Å². The number of carbonyl (C=O) groups excluding carboxylic acids is 2. The molecular formula is C26H33N5O2. The van der Waals surface area contributed by atoms with Crippen molar-refractivity contribution in [2.24, 2.45) is 28.6 Å². The molecule has 174 valence electrons. The van der Waals surface area contributed by atoms with Crippen LogP contribution in [0, 0.1) is 28.6 Å². The number of hydrogen-bond donors (Lipinski definition) is 2. The monoisotopic (exact) mass is 447 g/mol. The van der Waals surface area contributed by atoms with E-state index in [4.69, 9.17) is 4.98 Å². The fourth-order valence-corrected chi connectivity index (χ4v) is 8.98. The minimum Gasteiger partial charge on any atom is -0.352 e. The Kier molecular flexibility index (Phi) is 4.13. The van der Waals surface area contributed by atoms with Gasteiger partial charge in [-0.1, -0.05) is 6.07 Å². The molecule has 5 aliphatic rings. The van der Waals surface area contributed by atoms with Crippen molar-refractivity contribution in [3.05, 3.63) is 35.8 Å². The number of nitrogens with one attached hydrogen (secondary N) is 2. The number of likely N-dealkylation sites (tertiary alicyclic amines) is 1. The van der Waals surface area contributed by atoms with Gasteiger partial charge in [-0.15, -0.1) is 0 Å². The minimum absolute atomic E-state index is 0.0179. The highest BCUT2D eigenvalue weighted by Crippen LogP contribution is 2.86. The van der Waals surface area contributed by atoms with Crippen LogP contribution in [0.1, 0.15) is 61.6 Å². The zero-order chi connectivity index (χ0) is 22.4. The van der Waals surface area contributed by atoms with Gasteiger partial charge in [0.1, 0.15) is 11.3 Å². The third kappa shape index (κ3) is 2.74. The summed E-state index contributed by atoms with van der Waals surface area (Å²) in [5.74, 6) is 2.85. The molecule has 1 spiro atoms. The topological polar surface area (TPSA) is 78.7 Å². The SMILES string of the molecule is CC(=O)NC1CCN(Cc2cn3c(C(=O)NCC45CC6CC7CC(C4)C75C6)cccc3n2)C1. The van der Waals surface area contributed by atoms with Crippen molar-refractivity contribution in [3.8, 4) is 0 Å². The highest BCUT2D eigenvalue weighted by Gasteiger charge is 2.80. The average molecular weight is 448 g/mol. The molecule has 3 heterocycles. The van der Waals surface area contributed by atoms with E-state index >= 15 is 0 Å². The van der Waals surface area contributed by atoms with Crippen molar-refractivity contribution >= 4 is 17.5 Å². The molecular weight excluding hydrogens is 414 g/mol. The number of amides is 2. The van der Waals surface area contributed by atoms with E-state index in [1.54, 1.807) is 6.92 Å². The first-order chi connectivity index (χ1) is 16.0. The molecule has 33 heavy (non-hydrogen) atoms. The second-order valence-corrected chi connectivity index (χ2v) is 11.6. The van der Waals surface area contributed by atoms with E-state index < -0.39 is 0 Å². The van der Waals surface area contributed by atoms with E-state index in [9.17, 15) is 9.59 Å². The second-order valence-electron chi connectivity index (χ2n) is 11.6. The summed E-state index contributed by atoms with van der Waals surface area (Å²) in [6.45, 7) is 4.93. The van der Waals surface area contributed by atoms with Crippen LogP contribution in [0.3, 0.4) is 0 Å². The molecule has 6 unspecified atom stereocenters. The van der Waals surface area contributed by atoms with Gasteiger partial charge in [-0.2, -0.15) is 0 Å². The smallest absolute Gasteiger partial charge is 0.268 e. The molecule has 2 bridgehead atoms. The summed E-state index contributed by atoms with van der Waals surface area (Å²) in [4.78, 5) is 31.7. The zero-order valence-corrected chi connectivity index (χ0v) is 19.3. The maximum Gasteiger partial charge on any atom is 0.268 e. The summed E-state index contributed by atoms with van der Waals surface area (Å²) in [5, 5.41) is 6.36. The van der Waals surface area contributed by atoms with Crippen LogP contribution in [0.4, 0.5) is 0 Å². The van der Waals surface area contributed by atoms with Gasteiger partial charge >= 0.3 is 0 Å². The van der Waals surface area contributed by atoms with E-state index in [-0.39, 0.29) is 17.9 Å². The number of hydrogen-bond acceptors (Lipinski definition) is 4. The van der Waals surface area contributed by atoms with Gasteiger partial charge < -0.3 is 10.6 Å². The van der Waals surface area contributed by atoms with E-state index in [0.29, 0.717) is 16.5 Å². The predicted molar refractivity (Wildman–Crippen MR) is 123 cm³/mol. The Hall–Kier alpha value is -2.41. The molecule has 4 aliphatic carbocycles. The van der Waals surface area contributed by atoms with E-state index in [1.807, 2.05) is 28.8 Å². The lowest BCUT2D eigenvalue weighted by Crippen LogP contribution is -2.69. The Morgan fingerprint density at radius 1 is 1.18 bits per heavy atom. The molecule has 2 aromatic heterocycles. The lowest BCUT2D eigenvalue weighted by Gasteiger charge is -2.73. The van der Waals surface area contributed by atoms with Gasteiger partial charge in [0.05, 0.1) is 5.69 Å². The van der Waals surface area contributed by atoms with Crippen molar-refractivity contribution in [2.45, 2.75) is 58.0 Å². The van der Waals surface area contributed by atoms with Crippen molar-refractivity contribution in [1.82, 2.24) is 24.9 Å². The molecule has 1 saturated heterocycles. The molecule has 2 amide bonds. The Morgan fingerprint density at radius 3 is 2.91 bits per heavy atom. The number of imidazole rings is 1. The summed E-state index contributed by atoms with van der Waals surface area (Å²) in [6.07, 6.45) is 9.96. The molecule has 7 rings (SSSR count). The molecule has 4 saturated carbocycles. The molecule has 6 atom stereocenters. The van der Waals surface area contributed by atoms with Gasteiger partial charge in [0.15, 0.2) is 0 Å². The number of pyridine rings is 1. The summed E-state index contributed by atoms with van der Waals surface area (Å²) >= 11 is 0. The first kappa shape index (κ1) is 20.0. The maximum atomic E-state index is 13.3. The first-order valence-corrected chi connectivity index (χ1v) is 12.7. The number of carbonyl (C=O) groups is 2. The normalized spacial score (nSPS) is 38.1. The highest BCUT2D eigenvalue weighted by atomic mass is 16.2. The largest absolute Gasteiger partial charge is 0.352 e. The van der Waals surface area contributed by atoms with Crippen molar-refractivity contribution in [3.63, 3.8) is 0 Å². The van der Waals surface area contributed by atoms with Crippen molar-refractivity contribution in [2.75, 3.05) is 19.6 Å². The van der Waals surface area contributed by atoms with E-state index in [2.05, 4.69) is 15.5 Å². The third-order valence-electron chi connectivity index (χ3n) is 10.0. The van der Waals surface area contributed by atoms with Crippen LogP contribution in [0.5, 0.6) is 0 Å². The van der Waals surface area contributed by atoms with Crippen LogP contribution in [0.25, 0.3) is 5.65 Å². The van der Waals surface area contributed by atoms with E-state index in [0.717, 1.165) is 61.7 Å². The molecule has 1 aliphatic heterocycles. The summed E-state index contributed by atoms with van der Waals surface area (Å²) in [5.41, 5.74) is 3.41. The van der Waals surface area contributed by atoms with Crippen LogP contribution in [0.2, 0.25) is 0 Å². The van der Waals surface area contributed by atoms with Gasteiger partial charge in [0, 0.05) is 45.3 Å². The van der Waals surface area contributed by atoms with Gasteiger partial charge in [-0.3, -0.25) is 18.9 Å². The number of nitrogens with zero attached hydrogens (tertiary/aromatic N) is 3. The Morgan fingerprint density at radius 2 is 2.09 bits per heavy atom. The molecule has 0 radical (unpaired) electrons. The second kappa shape index (κ2) is 6.81. The molecule has 2 N–H and O–H groups in total. The zero-order valence-electron chi connectivity index (χ0n) is 19.3. The summed E-state index contributed by atoms with van der Waals surface area (Å²) in [7, 11) is 0. The molecule has 7 heteroatoms. The Labute approximate surface area is 194 Å². The third-order valence-corrected chi connectivity index (χ3v) is 10.0. The van der Waals surface area contributed by atoms with Gasteiger partial charge in [-0.25, -0.2) is 4.98 Å². The maximum absolute atomic E-state index is 13.3. The van der Waals surface area contributed by atoms with Gasteiger partial charge in [-0.05, 0) is 79.2 Å². The standard InChI is InChI=1S/C26H33N5O2/c1-16(32)28-20-5-6-30(12-20)13-21-14-31-22(3-2-4-23(31)29-21)24(33)27-15-25-9-17-7-18-8-19(11-25)26(18,25)10-17/h2-4,14,17-20H,5-13,15H2,1H3,(H,27,33)(H,28,32). The van der Waals surface area contributed by atoms with Crippen LogP contribution in [0.15, 0.2) is 24.4 Å². The van der Waals surface area contributed by atoms with Gasteiger partial charge in [0.25, 0.3) is 5.91 Å². The van der Waals surface area contributed by atoms with Crippen LogP contribution in [-0.2, 0) is 11.3 Å². The average Bonchev–Trinajstić information content (AvgIpc) is 3.50. The Balaban J connectivity index is 1.05. The molecule has 0 aromatic carbocycles. The van der Waals surface area contributed by atoms with Gasteiger partial charge in [0.2, 0.25) is 5.91 Å². The van der Waals surface area contributed by atoms with Crippen LogP contribution < -0.4 is 10.6 Å². The molecule has 7 nitrogen and oxygen atoms in total. The fourth-order valence-electron chi connectivity index (χ4n) is 8.98. The van der Waals surface area contributed by atoms with Crippen LogP contribution >= 0.6 is 0 Å². The number of rotatable bonds is 6. The highest BCUT2D eigenvalue weighted by molar-refractivity contribution is 5.93. The minimum atomic E-state index is 0.0179. The fraction of sp³-hybridized carbons (Fsp3) is 0.654. The Bertz CT molecular complexity index is 1160. The summed E-state index contributed by atoms with van der Waals surface area (Å²) in [6, 6.07) is 6.02. The lowest BCUT2D eigenvalue weighted by molar-refractivity contribution is -0.240. The molecule has 5 fully saturated rings. The van der Waals surface area contributed by atoms with Crippen molar-refractivity contribution in [1.29, 1.82) is 0 Å². The predicted octanol–water partition coefficient (Wildman–Crippen LogP) is 2.60. The quantitative estimate of drug-likeness (QED) is 0.714.